The number of fused-ring (bicyclic) bond motifs is 1. The summed E-state index contributed by atoms with van der Waals surface area (Å²) in [5.41, 5.74) is 1.66. The lowest BCUT2D eigenvalue weighted by Crippen LogP contribution is -2.22. The van der Waals surface area contributed by atoms with Crippen LogP contribution in [0, 0.1) is 11.6 Å². The number of benzene rings is 3. The molecule has 4 rings (SSSR count). The molecule has 162 valence electrons. The molecule has 0 saturated heterocycles. The zero-order valence-electron chi connectivity index (χ0n) is 16.5. The Morgan fingerprint density at radius 3 is 2.41 bits per heavy atom. The summed E-state index contributed by atoms with van der Waals surface area (Å²) < 4.78 is 34.2. The maximum Gasteiger partial charge on any atom is 0.338 e. The molecular weight excluding hydrogens is 454 g/mol. The average Bonchev–Trinajstić information content (AvgIpc) is 3.22. The number of carbonyl (C=O) groups excluding carboxylic acids is 2. The fourth-order valence-corrected chi connectivity index (χ4v) is 4.83. The van der Waals surface area contributed by atoms with Crippen molar-refractivity contribution in [3.8, 4) is 0 Å². The molecule has 5 nitrogen and oxygen atoms in total. The molecule has 32 heavy (non-hydrogen) atoms. The molecule has 9 heteroatoms. The van der Waals surface area contributed by atoms with Crippen LogP contribution in [0.3, 0.4) is 0 Å². The first kappa shape index (κ1) is 21.9. The Kier molecular flexibility index (Phi) is 6.77. The second kappa shape index (κ2) is 9.88. The molecule has 0 bridgehead atoms. The lowest BCUT2D eigenvalue weighted by Gasteiger charge is -2.08. The summed E-state index contributed by atoms with van der Waals surface area (Å²) >= 11 is 3.24. The SMILES string of the molecule is O=C(COC(=O)c1ccc(CSc2nc3ccccc3s2)cc1)Nc1c(F)cccc1F. The normalized spacial score (nSPS) is 10.8. The Hall–Kier alpha value is -3.30. The number of nitrogens with one attached hydrogen (secondary N) is 1. The number of halogens is 2. The van der Waals surface area contributed by atoms with Crippen LogP contribution in [-0.2, 0) is 15.3 Å². The third-order valence-electron chi connectivity index (χ3n) is 4.39. The van der Waals surface area contributed by atoms with Gasteiger partial charge in [-0.1, -0.05) is 42.1 Å². The van der Waals surface area contributed by atoms with E-state index in [4.69, 9.17) is 4.74 Å². The van der Waals surface area contributed by atoms with Crippen LogP contribution in [0.5, 0.6) is 0 Å². The summed E-state index contributed by atoms with van der Waals surface area (Å²) in [7, 11) is 0. The van der Waals surface area contributed by atoms with E-state index in [1.165, 1.54) is 6.07 Å². The molecule has 1 N–H and O–H groups in total. The van der Waals surface area contributed by atoms with E-state index >= 15 is 0 Å². The van der Waals surface area contributed by atoms with Crippen molar-refractivity contribution < 1.29 is 23.1 Å². The first-order chi connectivity index (χ1) is 15.5. The topological polar surface area (TPSA) is 68.3 Å². The molecule has 0 atom stereocenters. The van der Waals surface area contributed by atoms with E-state index in [-0.39, 0.29) is 5.56 Å². The van der Waals surface area contributed by atoms with Crippen molar-refractivity contribution in [1.29, 1.82) is 0 Å². The van der Waals surface area contributed by atoms with Crippen molar-refractivity contribution in [3.05, 3.63) is 89.5 Å². The Morgan fingerprint density at radius 2 is 1.69 bits per heavy atom. The maximum atomic E-state index is 13.6. The van der Waals surface area contributed by atoms with Crippen molar-refractivity contribution in [3.63, 3.8) is 0 Å². The highest BCUT2D eigenvalue weighted by atomic mass is 32.2. The molecule has 0 radical (unpaired) electrons. The number of ether oxygens (including phenoxy) is 1. The molecule has 4 aromatic rings. The van der Waals surface area contributed by atoms with Gasteiger partial charge < -0.3 is 10.1 Å². The van der Waals surface area contributed by atoms with Crippen LogP contribution >= 0.6 is 23.1 Å². The van der Waals surface area contributed by atoms with Crippen molar-refractivity contribution in [2.24, 2.45) is 0 Å². The maximum absolute atomic E-state index is 13.6. The Balaban J connectivity index is 1.28. The summed E-state index contributed by atoms with van der Waals surface area (Å²) in [5.74, 6) is -2.69. The highest BCUT2D eigenvalue weighted by Crippen LogP contribution is 2.31. The first-order valence-electron chi connectivity index (χ1n) is 9.48. The summed E-state index contributed by atoms with van der Waals surface area (Å²) in [6.07, 6.45) is 0. The molecule has 0 aliphatic heterocycles. The van der Waals surface area contributed by atoms with Gasteiger partial charge in [-0.3, -0.25) is 4.79 Å². The van der Waals surface area contributed by atoms with Crippen LogP contribution in [0.4, 0.5) is 14.5 Å². The predicted molar refractivity (Wildman–Crippen MR) is 121 cm³/mol. The van der Waals surface area contributed by atoms with Gasteiger partial charge in [-0.15, -0.1) is 11.3 Å². The van der Waals surface area contributed by atoms with E-state index in [0.29, 0.717) is 5.75 Å². The van der Waals surface area contributed by atoms with Gasteiger partial charge in [-0.2, -0.15) is 0 Å². The number of carbonyl (C=O) groups is 2. The van der Waals surface area contributed by atoms with E-state index in [0.717, 1.165) is 32.3 Å². The number of thioether (sulfide) groups is 1. The third kappa shape index (κ3) is 5.30. The minimum atomic E-state index is -0.913. The zero-order valence-corrected chi connectivity index (χ0v) is 18.1. The van der Waals surface area contributed by atoms with E-state index in [2.05, 4.69) is 10.3 Å². The van der Waals surface area contributed by atoms with Crippen LogP contribution in [0.15, 0.2) is 71.1 Å². The number of para-hydroxylation sites is 2. The fourth-order valence-electron chi connectivity index (χ4n) is 2.80. The van der Waals surface area contributed by atoms with E-state index in [1.54, 1.807) is 47.4 Å². The standard InChI is InChI=1S/C23H16F2N2O3S2/c24-16-4-3-5-17(25)21(16)27-20(28)12-30-22(29)15-10-8-14(9-11-15)13-31-23-26-18-6-1-2-7-19(18)32-23/h1-11H,12-13H2,(H,27,28). The van der Waals surface area contributed by atoms with Gasteiger partial charge in [0.2, 0.25) is 0 Å². The van der Waals surface area contributed by atoms with Crippen molar-refractivity contribution in [1.82, 2.24) is 4.98 Å². The number of thiazole rings is 1. The molecule has 0 unspecified atom stereocenters. The van der Waals surface area contributed by atoms with Gasteiger partial charge >= 0.3 is 5.97 Å². The number of anilines is 1. The van der Waals surface area contributed by atoms with E-state index < -0.39 is 35.8 Å². The Labute approximate surface area is 190 Å². The first-order valence-corrected chi connectivity index (χ1v) is 11.3. The number of hydrogen-bond acceptors (Lipinski definition) is 6. The smallest absolute Gasteiger partial charge is 0.338 e. The summed E-state index contributed by atoms with van der Waals surface area (Å²) in [4.78, 5) is 28.6. The van der Waals surface area contributed by atoms with Gasteiger partial charge in [0.1, 0.15) is 17.3 Å². The lowest BCUT2D eigenvalue weighted by molar-refractivity contribution is -0.119. The molecule has 0 saturated carbocycles. The van der Waals surface area contributed by atoms with Gasteiger partial charge in [-0.05, 0) is 42.0 Å². The van der Waals surface area contributed by atoms with Crippen LogP contribution in [-0.4, -0.2) is 23.5 Å². The molecule has 0 aliphatic carbocycles. The average molecular weight is 471 g/mol. The van der Waals surface area contributed by atoms with E-state index in [1.807, 2.05) is 24.3 Å². The fraction of sp³-hybridized carbons (Fsp3) is 0.0870. The highest BCUT2D eigenvalue weighted by molar-refractivity contribution is 8.00. The number of rotatable bonds is 7. The lowest BCUT2D eigenvalue weighted by atomic mass is 10.1. The molecule has 1 heterocycles. The van der Waals surface area contributed by atoms with Gasteiger partial charge in [-0.25, -0.2) is 18.6 Å². The molecular formula is C23H16F2N2O3S2. The molecule has 1 aromatic heterocycles. The quantitative estimate of drug-likeness (QED) is 0.279. The van der Waals surface area contributed by atoms with Gasteiger partial charge in [0.25, 0.3) is 5.91 Å². The zero-order chi connectivity index (χ0) is 22.5. The summed E-state index contributed by atoms with van der Waals surface area (Å²) in [5, 5.41) is 2.06. The number of aromatic nitrogens is 1. The van der Waals surface area contributed by atoms with Gasteiger partial charge in [0.05, 0.1) is 15.8 Å². The van der Waals surface area contributed by atoms with Crippen LogP contribution in [0.2, 0.25) is 0 Å². The van der Waals surface area contributed by atoms with Gasteiger partial charge in [0.15, 0.2) is 10.9 Å². The number of nitrogens with zero attached hydrogens (tertiary/aromatic N) is 1. The van der Waals surface area contributed by atoms with Crippen molar-refractivity contribution >= 4 is 50.9 Å². The van der Waals surface area contributed by atoms with Crippen molar-refractivity contribution in [2.45, 2.75) is 10.1 Å². The van der Waals surface area contributed by atoms with Crippen LogP contribution in [0.25, 0.3) is 10.2 Å². The molecule has 1 amide bonds. The summed E-state index contributed by atoms with van der Waals surface area (Å²) in [6, 6.07) is 18.0. The van der Waals surface area contributed by atoms with Crippen LogP contribution < -0.4 is 5.32 Å². The second-order valence-electron chi connectivity index (χ2n) is 6.65. The Morgan fingerprint density at radius 1 is 0.969 bits per heavy atom. The largest absolute Gasteiger partial charge is 0.452 e. The summed E-state index contributed by atoms with van der Waals surface area (Å²) in [6.45, 7) is -0.665. The minimum absolute atomic E-state index is 0.267. The molecule has 0 spiro atoms. The number of hydrogen-bond donors (Lipinski definition) is 1. The second-order valence-corrected chi connectivity index (χ2v) is 8.91. The highest BCUT2D eigenvalue weighted by Gasteiger charge is 2.14. The third-order valence-corrected chi connectivity index (χ3v) is 6.64. The molecule has 3 aromatic carbocycles. The van der Waals surface area contributed by atoms with Gasteiger partial charge in [0, 0.05) is 5.75 Å². The Bertz CT molecular complexity index is 1220. The van der Waals surface area contributed by atoms with E-state index in [9.17, 15) is 18.4 Å². The van der Waals surface area contributed by atoms with Crippen LogP contribution in [0.1, 0.15) is 15.9 Å². The monoisotopic (exact) mass is 470 g/mol. The predicted octanol–water partition coefficient (Wildman–Crippen LogP) is 5.66. The molecule has 0 fully saturated rings. The van der Waals surface area contributed by atoms with Crippen molar-refractivity contribution in [2.75, 3.05) is 11.9 Å². The number of esters is 1. The minimum Gasteiger partial charge on any atom is -0.452 e. The molecule has 0 aliphatic rings. The number of amides is 1.